The van der Waals surface area contributed by atoms with Crippen LogP contribution in [0.5, 0.6) is 0 Å². The summed E-state index contributed by atoms with van der Waals surface area (Å²) in [5.41, 5.74) is -0.168. The van der Waals surface area contributed by atoms with Crippen LogP contribution in [0.4, 0.5) is 0 Å². The van der Waals surface area contributed by atoms with Gasteiger partial charge >= 0.3 is 5.97 Å². The van der Waals surface area contributed by atoms with E-state index in [2.05, 4.69) is 23.6 Å². The lowest BCUT2D eigenvalue weighted by atomic mass is 10.1. The topological polar surface area (TPSA) is 108 Å². The number of carboxylic acid groups (broad SMARTS) is 1. The highest BCUT2D eigenvalue weighted by Crippen LogP contribution is 2.10. The Hall–Kier alpha value is -1.38. The molecule has 0 bridgehead atoms. The summed E-state index contributed by atoms with van der Waals surface area (Å²) in [4.78, 5) is 12.9. The van der Waals surface area contributed by atoms with Crippen molar-refractivity contribution in [3.63, 3.8) is 0 Å². The summed E-state index contributed by atoms with van der Waals surface area (Å²) >= 11 is 0. The maximum atomic E-state index is 11.8. The molecule has 7 nitrogen and oxygen atoms in total. The third kappa shape index (κ3) is 5.32. The van der Waals surface area contributed by atoms with E-state index in [0.717, 1.165) is 18.7 Å². The first-order chi connectivity index (χ1) is 9.33. The predicted octanol–water partition coefficient (Wildman–Crippen LogP) is 1.05. The molecule has 0 aliphatic rings. The number of aromatic nitrogens is 1. The first-order valence-corrected chi connectivity index (χ1v) is 7.80. The zero-order valence-electron chi connectivity index (χ0n) is 11.5. The summed E-state index contributed by atoms with van der Waals surface area (Å²) in [5, 5.41) is 8.72. The molecule has 3 N–H and O–H groups in total. The molecule has 8 heteroatoms. The summed E-state index contributed by atoms with van der Waals surface area (Å²) in [6, 6.07) is 1.07. The largest absolute Gasteiger partial charge is 0.477 e. The molecule has 0 radical (unpaired) electrons. The Kier molecular flexibility index (Phi) is 6.18. The molecule has 20 heavy (non-hydrogen) atoms. The molecule has 0 saturated carbocycles. The molecule has 0 spiro atoms. The third-order valence-corrected chi connectivity index (χ3v) is 4.02. The van der Waals surface area contributed by atoms with E-state index >= 15 is 0 Å². The molecule has 1 aromatic heterocycles. The fraction of sp³-hybridized carbons (Fsp3) is 0.583. The van der Waals surface area contributed by atoms with Crippen LogP contribution in [0.25, 0.3) is 0 Å². The Bertz CT molecular complexity index is 536. The van der Waals surface area contributed by atoms with Gasteiger partial charge in [0.05, 0.1) is 6.61 Å². The highest BCUT2D eigenvalue weighted by Gasteiger charge is 2.17. The van der Waals surface area contributed by atoms with Crippen LogP contribution in [-0.4, -0.2) is 44.2 Å². The lowest BCUT2D eigenvalue weighted by Gasteiger charge is -2.07. The predicted molar refractivity (Wildman–Crippen MR) is 73.2 cm³/mol. The summed E-state index contributed by atoms with van der Waals surface area (Å²) < 4.78 is 31.3. The molecule has 0 aliphatic heterocycles. The second-order valence-corrected chi connectivity index (χ2v) is 6.51. The second kappa shape index (κ2) is 7.41. The van der Waals surface area contributed by atoms with Crippen molar-refractivity contribution in [2.24, 2.45) is 5.92 Å². The van der Waals surface area contributed by atoms with E-state index in [4.69, 9.17) is 9.84 Å². The van der Waals surface area contributed by atoms with Crippen LogP contribution in [-0.2, 0) is 14.8 Å². The molecular weight excluding hydrogens is 284 g/mol. The molecule has 1 aromatic rings. The molecule has 0 unspecified atom stereocenters. The SMILES string of the molecule is CC(C)CCOCCNS(=O)(=O)c1c[nH]c(C(=O)O)c1. The molecular formula is C12H20N2O5S. The lowest BCUT2D eigenvalue weighted by molar-refractivity contribution is 0.0691. The van der Waals surface area contributed by atoms with E-state index in [1.807, 2.05) is 0 Å². The molecule has 0 atom stereocenters. The summed E-state index contributed by atoms with van der Waals surface area (Å²) in [6.07, 6.45) is 2.07. The van der Waals surface area contributed by atoms with Gasteiger partial charge in [0.25, 0.3) is 0 Å². The number of hydrogen-bond donors (Lipinski definition) is 3. The second-order valence-electron chi connectivity index (χ2n) is 4.75. The molecule has 0 amide bonds. The fourth-order valence-electron chi connectivity index (χ4n) is 1.41. The van der Waals surface area contributed by atoms with Crippen LogP contribution in [0.2, 0.25) is 0 Å². The Morgan fingerprint density at radius 3 is 2.70 bits per heavy atom. The van der Waals surface area contributed by atoms with Crippen molar-refractivity contribution in [1.82, 2.24) is 9.71 Å². The zero-order valence-corrected chi connectivity index (χ0v) is 12.4. The third-order valence-electron chi connectivity index (χ3n) is 2.58. The van der Waals surface area contributed by atoms with E-state index in [9.17, 15) is 13.2 Å². The van der Waals surface area contributed by atoms with Crippen LogP contribution in [0.1, 0.15) is 30.8 Å². The number of sulfonamides is 1. The van der Waals surface area contributed by atoms with E-state index in [1.165, 1.54) is 0 Å². The van der Waals surface area contributed by atoms with E-state index in [-0.39, 0.29) is 23.7 Å². The van der Waals surface area contributed by atoms with Crippen molar-refractivity contribution >= 4 is 16.0 Å². The Morgan fingerprint density at radius 2 is 2.15 bits per heavy atom. The van der Waals surface area contributed by atoms with Gasteiger partial charge in [-0.3, -0.25) is 0 Å². The van der Waals surface area contributed by atoms with Crippen molar-refractivity contribution in [3.8, 4) is 0 Å². The minimum absolute atomic E-state index is 0.0999. The van der Waals surface area contributed by atoms with Gasteiger partial charge < -0.3 is 14.8 Å². The monoisotopic (exact) mass is 304 g/mol. The Morgan fingerprint density at radius 1 is 1.45 bits per heavy atom. The number of ether oxygens (including phenoxy) is 1. The normalized spacial score (nSPS) is 11.9. The maximum Gasteiger partial charge on any atom is 0.352 e. The van der Waals surface area contributed by atoms with Gasteiger partial charge in [-0.05, 0) is 18.4 Å². The number of carboxylic acids is 1. The molecule has 1 rings (SSSR count). The van der Waals surface area contributed by atoms with Gasteiger partial charge in [0, 0.05) is 19.3 Å². The van der Waals surface area contributed by atoms with Crippen LogP contribution >= 0.6 is 0 Å². The number of hydrogen-bond acceptors (Lipinski definition) is 4. The van der Waals surface area contributed by atoms with Crippen molar-refractivity contribution < 1.29 is 23.1 Å². The summed E-state index contributed by atoms with van der Waals surface area (Å²) in [5.74, 6) is -0.663. The fourth-order valence-corrected chi connectivity index (χ4v) is 2.41. The molecule has 114 valence electrons. The molecule has 0 saturated heterocycles. The minimum Gasteiger partial charge on any atom is -0.477 e. The number of aromatic amines is 1. The smallest absolute Gasteiger partial charge is 0.352 e. The van der Waals surface area contributed by atoms with Gasteiger partial charge in [-0.1, -0.05) is 13.8 Å². The average Bonchev–Trinajstić information content (AvgIpc) is 2.83. The molecule has 0 aliphatic carbocycles. The van der Waals surface area contributed by atoms with E-state index < -0.39 is 16.0 Å². The number of H-pyrrole nitrogens is 1. The Balaban J connectivity index is 2.39. The van der Waals surface area contributed by atoms with Crippen LogP contribution in [0, 0.1) is 5.92 Å². The lowest BCUT2D eigenvalue weighted by Crippen LogP contribution is -2.27. The first kappa shape index (κ1) is 16.7. The van der Waals surface area contributed by atoms with Crippen LogP contribution < -0.4 is 4.72 Å². The standard InChI is InChI=1S/C12H20N2O5S/c1-9(2)3-5-19-6-4-14-20(17,18)10-7-11(12(15)16)13-8-10/h7-9,13-14H,3-6H2,1-2H3,(H,15,16). The van der Waals surface area contributed by atoms with Gasteiger partial charge in [0.2, 0.25) is 10.0 Å². The maximum absolute atomic E-state index is 11.8. The van der Waals surface area contributed by atoms with Crippen molar-refractivity contribution in [3.05, 3.63) is 18.0 Å². The molecule has 0 aromatic carbocycles. The first-order valence-electron chi connectivity index (χ1n) is 6.32. The van der Waals surface area contributed by atoms with Crippen molar-refractivity contribution in [1.29, 1.82) is 0 Å². The van der Waals surface area contributed by atoms with Crippen molar-refractivity contribution in [2.45, 2.75) is 25.2 Å². The Labute approximate surface area is 118 Å². The highest BCUT2D eigenvalue weighted by atomic mass is 32.2. The molecule has 1 heterocycles. The highest BCUT2D eigenvalue weighted by molar-refractivity contribution is 7.89. The van der Waals surface area contributed by atoms with Gasteiger partial charge in [0.15, 0.2) is 0 Å². The number of aromatic carboxylic acids is 1. The molecule has 0 fully saturated rings. The summed E-state index contributed by atoms with van der Waals surface area (Å²) in [7, 11) is -3.70. The average molecular weight is 304 g/mol. The quantitative estimate of drug-likeness (QED) is 0.591. The van der Waals surface area contributed by atoms with E-state index in [1.54, 1.807) is 0 Å². The number of rotatable bonds is 9. The van der Waals surface area contributed by atoms with Gasteiger partial charge in [-0.2, -0.15) is 0 Å². The van der Waals surface area contributed by atoms with Crippen LogP contribution in [0.3, 0.4) is 0 Å². The summed E-state index contributed by atoms with van der Waals surface area (Å²) in [6.45, 7) is 5.18. The van der Waals surface area contributed by atoms with Crippen molar-refractivity contribution in [2.75, 3.05) is 19.8 Å². The minimum atomic E-state index is -3.70. The number of carbonyl (C=O) groups is 1. The van der Waals surface area contributed by atoms with Crippen LogP contribution in [0.15, 0.2) is 17.2 Å². The van der Waals surface area contributed by atoms with Gasteiger partial charge in [-0.25, -0.2) is 17.9 Å². The van der Waals surface area contributed by atoms with Gasteiger partial charge in [-0.15, -0.1) is 0 Å². The van der Waals surface area contributed by atoms with Gasteiger partial charge in [0.1, 0.15) is 10.6 Å². The number of nitrogens with one attached hydrogen (secondary N) is 2. The zero-order chi connectivity index (χ0) is 15.2. The van der Waals surface area contributed by atoms with E-state index in [0.29, 0.717) is 12.5 Å².